The summed E-state index contributed by atoms with van der Waals surface area (Å²) in [5.41, 5.74) is 0.941. The number of alkyl halides is 3. The third kappa shape index (κ3) is 4.44. The number of pyridine rings is 1. The van der Waals surface area contributed by atoms with Gasteiger partial charge in [-0.3, -0.25) is 9.78 Å². The molecule has 0 atom stereocenters. The molecule has 1 rings (SSSR count). The monoisotopic (exact) mass is 218 g/mol. The van der Waals surface area contributed by atoms with Gasteiger partial charge in [-0.25, -0.2) is 0 Å². The van der Waals surface area contributed by atoms with Crippen molar-refractivity contribution in [2.24, 2.45) is 0 Å². The van der Waals surface area contributed by atoms with Gasteiger partial charge in [-0.2, -0.15) is 13.2 Å². The molecule has 15 heavy (non-hydrogen) atoms. The predicted octanol–water partition coefficient (Wildman–Crippen LogP) is 2.28. The number of nitrogens with zero attached hydrogens (tertiary/aromatic N) is 1. The van der Waals surface area contributed by atoms with E-state index in [0.717, 1.165) is 0 Å². The molecular weight excluding hydrogens is 209 g/mol. The lowest BCUT2D eigenvalue weighted by atomic mass is 10.3. The summed E-state index contributed by atoms with van der Waals surface area (Å²) >= 11 is 0. The van der Waals surface area contributed by atoms with Crippen molar-refractivity contribution in [3.8, 4) is 0 Å². The van der Waals surface area contributed by atoms with Gasteiger partial charge < -0.3 is 5.32 Å². The molecule has 0 spiro atoms. The Morgan fingerprint density at radius 2 is 2.20 bits per heavy atom. The third-order valence-corrected chi connectivity index (χ3v) is 1.54. The van der Waals surface area contributed by atoms with Crippen molar-refractivity contribution >= 4 is 11.6 Å². The normalized spacial score (nSPS) is 11.2. The van der Waals surface area contributed by atoms with E-state index >= 15 is 0 Å². The SMILES string of the molecule is Cc1cc(NC(=O)CC(F)(F)F)ccn1. The molecule has 0 aliphatic heterocycles. The molecule has 0 aliphatic carbocycles. The topological polar surface area (TPSA) is 42.0 Å². The van der Waals surface area contributed by atoms with Gasteiger partial charge >= 0.3 is 6.18 Å². The van der Waals surface area contributed by atoms with Crippen LogP contribution in [0.15, 0.2) is 18.3 Å². The highest BCUT2D eigenvalue weighted by Gasteiger charge is 2.31. The molecule has 0 saturated carbocycles. The van der Waals surface area contributed by atoms with Crippen molar-refractivity contribution in [2.45, 2.75) is 19.5 Å². The highest BCUT2D eigenvalue weighted by Crippen LogP contribution is 2.20. The van der Waals surface area contributed by atoms with E-state index in [1.165, 1.54) is 18.3 Å². The fourth-order valence-corrected chi connectivity index (χ4v) is 1.01. The molecule has 3 nitrogen and oxygen atoms in total. The number of carbonyl (C=O) groups excluding carboxylic acids is 1. The second kappa shape index (κ2) is 4.29. The van der Waals surface area contributed by atoms with Crippen LogP contribution >= 0.6 is 0 Å². The maximum atomic E-state index is 11.8. The summed E-state index contributed by atoms with van der Waals surface area (Å²) in [5, 5.41) is 2.14. The Balaban J connectivity index is 2.59. The first-order chi connectivity index (χ1) is 6.87. The Hall–Kier alpha value is -1.59. The van der Waals surface area contributed by atoms with Crippen molar-refractivity contribution in [1.82, 2.24) is 4.98 Å². The van der Waals surface area contributed by atoms with Gasteiger partial charge in [0.15, 0.2) is 0 Å². The number of rotatable bonds is 2. The first-order valence-electron chi connectivity index (χ1n) is 4.16. The zero-order chi connectivity index (χ0) is 11.5. The van der Waals surface area contributed by atoms with E-state index in [2.05, 4.69) is 10.3 Å². The molecule has 0 fully saturated rings. The Kier molecular flexibility index (Phi) is 3.28. The maximum absolute atomic E-state index is 11.8. The van der Waals surface area contributed by atoms with Crippen LogP contribution in [0.3, 0.4) is 0 Å². The fourth-order valence-electron chi connectivity index (χ4n) is 1.01. The largest absolute Gasteiger partial charge is 0.397 e. The van der Waals surface area contributed by atoms with Crippen molar-refractivity contribution in [3.05, 3.63) is 24.0 Å². The van der Waals surface area contributed by atoms with Gasteiger partial charge in [-0.05, 0) is 19.1 Å². The number of hydrogen-bond acceptors (Lipinski definition) is 2. The van der Waals surface area contributed by atoms with Crippen LogP contribution < -0.4 is 5.32 Å². The average molecular weight is 218 g/mol. The summed E-state index contributed by atoms with van der Waals surface area (Å²) in [6.07, 6.45) is -4.54. The lowest BCUT2D eigenvalue weighted by Gasteiger charge is -2.07. The van der Waals surface area contributed by atoms with Crippen LogP contribution in [0.2, 0.25) is 0 Å². The molecule has 0 bridgehead atoms. The van der Waals surface area contributed by atoms with Crippen LogP contribution in [0.1, 0.15) is 12.1 Å². The van der Waals surface area contributed by atoms with Crippen LogP contribution in [-0.2, 0) is 4.79 Å². The molecular formula is C9H9F3N2O. The van der Waals surface area contributed by atoms with E-state index in [-0.39, 0.29) is 0 Å². The van der Waals surface area contributed by atoms with Gasteiger partial charge in [0.2, 0.25) is 5.91 Å². The van der Waals surface area contributed by atoms with Crippen LogP contribution in [0.4, 0.5) is 18.9 Å². The van der Waals surface area contributed by atoms with Crippen molar-refractivity contribution in [2.75, 3.05) is 5.32 Å². The molecule has 0 radical (unpaired) electrons. The number of aromatic nitrogens is 1. The molecule has 0 unspecified atom stereocenters. The summed E-state index contributed by atoms with van der Waals surface area (Å²) in [5.74, 6) is -1.08. The van der Waals surface area contributed by atoms with E-state index in [9.17, 15) is 18.0 Å². The molecule has 1 amide bonds. The second-order valence-corrected chi connectivity index (χ2v) is 3.03. The summed E-state index contributed by atoms with van der Waals surface area (Å²) in [6, 6.07) is 2.93. The smallest absolute Gasteiger partial charge is 0.326 e. The van der Waals surface area contributed by atoms with Gasteiger partial charge in [0.05, 0.1) is 0 Å². The average Bonchev–Trinajstić information content (AvgIpc) is 1.99. The number of aryl methyl sites for hydroxylation is 1. The Labute approximate surface area is 84.3 Å². The van der Waals surface area contributed by atoms with Crippen LogP contribution in [0, 0.1) is 6.92 Å². The number of hydrogen-bond donors (Lipinski definition) is 1. The van der Waals surface area contributed by atoms with E-state index < -0.39 is 18.5 Å². The minimum atomic E-state index is -4.48. The zero-order valence-corrected chi connectivity index (χ0v) is 7.93. The van der Waals surface area contributed by atoms with Gasteiger partial charge in [0, 0.05) is 17.6 Å². The summed E-state index contributed by atoms with van der Waals surface area (Å²) in [7, 11) is 0. The summed E-state index contributed by atoms with van der Waals surface area (Å²) in [6.45, 7) is 1.68. The number of nitrogens with one attached hydrogen (secondary N) is 1. The highest BCUT2D eigenvalue weighted by atomic mass is 19.4. The Bertz CT molecular complexity index is 363. The maximum Gasteiger partial charge on any atom is 0.397 e. The molecule has 6 heteroatoms. The van der Waals surface area contributed by atoms with E-state index in [0.29, 0.717) is 11.4 Å². The lowest BCUT2D eigenvalue weighted by Crippen LogP contribution is -2.21. The van der Waals surface area contributed by atoms with Crippen LogP contribution in [0.25, 0.3) is 0 Å². The van der Waals surface area contributed by atoms with Gasteiger partial charge in [0.25, 0.3) is 0 Å². The predicted molar refractivity (Wildman–Crippen MR) is 48.3 cm³/mol. The summed E-state index contributed by atoms with van der Waals surface area (Å²) < 4.78 is 35.4. The van der Waals surface area contributed by atoms with Crippen LogP contribution in [-0.4, -0.2) is 17.1 Å². The van der Waals surface area contributed by atoms with E-state index in [1.807, 2.05) is 0 Å². The van der Waals surface area contributed by atoms with Gasteiger partial charge in [-0.1, -0.05) is 0 Å². The Morgan fingerprint density at radius 1 is 1.53 bits per heavy atom. The number of halogens is 3. The molecule has 1 N–H and O–H groups in total. The van der Waals surface area contributed by atoms with Crippen molar-refractivity contribution < 1.29 is 18.0 Å². The zero-order valence-electron chi connectivity index (χ0n) is 7.93. The number of amides is 1. The third-order valence-electron chi connectivity index (χ3n) is 1.54. The highest BCUT2D eigenvalue weighted by molar-refractivity contribution is 5.91. The summed E-state index contributed by atoms with van der Waals surface area (Å²) in [4.78, 5) is 14.7. The van der Waals surface area contributed by atoms with Crippen LogP contribution in [0.5, 0.6) is 0 Å². The molecule has 0 aliphatic rings. The number of anilines is 1. The fraction of sp³-hybridized carbons (Fsp3) is 0.333. The minimum Gasteiger partial charge on any atom is -0.326 e. The number of carbonyl (C=O) groups is 1. The minimum absolute atomic E-state index is 0.316. The quantitative estimate of drug-likeness (QED) is 0.827. The van der Waals surface area contributed by atoms with Crippen molar-refractivity contribution in [3.63, 3.8) is 0 Å². The molecule has 0 saturated heterocycles. The molecule has 1 aromatic heterocycles. The van der Waals surface area contributed by atoms with E-state index in [1.54, 1.807) is 6.92 Å². The first kappa shape index (κ1) is 11.5. The first-order valence-corrected chi connectivity index (χ1v) is 4.16. The lowest BCUT2D eigenvalue weighted by molar-refractivity contribution is -0.150. The standard InChI is InChI=1S/C9H9F3N2O/c1-6-4-7(2-3-13-6)14-8(15)5-9(10,11)12/h2-4H,5H2,1H3,(H,13,14,15). The molecule has 1 heterocycles. The molecule has 1 aromatic rings. The Morgan fingerprint density at radius 3 is 2.73 bits per heavy atom. The van der Waals surface area contributed by atoms with Crippen molar-refractivity contribution in [1.29, 1.82) is 0 Å². The van der Waals surface area contributed by atoms with Gasteiger partial charge in [-0.15, -0.1) is 0 Å². The van der Waals surface area contributed by atoms with E-state index in [4.69, 9.17) is 0 Å². The molecule has 0 aromatic carbocycles. The van der Waals surface area contributed by atoms with Gasteiger partial charge in [0.1, 0.15) is 6.42 Å². The molecule has 82 valence electrons. The second-order valence-electron chi connectivity index (χ2n) is 3.03.